The van der Waals surface area contributed by atoms with Crippen LogP contribution in [-0.2, 0) is 12.8 Å². The van der Waals surface area contributed by atoms with E-state index in [0.717, 1.165) is 31.5 Å². The fourth-order valence-electron chi connectivity index (χ4n) is 3.03. The van der Waals surface area contributed by atoms with E-state index in [1.807, 2.05) is 11.0 Å². The van der Waals surface area contributed by atoms with Gasteiger partial charge in [0.1, 0.15) is 0 Å². The van der Waals surface area contributed by atoms with Crippen molar-refractivity contribution in [2.45, 2.75) is 25.7 Å². The van der Waals surface area contributed by atoms with E-state index in [-0.39, 0.29) is 5.91 Å². The standard InChI is InChI=1S/C15H18ClNO/c16-9-11-6-7-17(10-11)15(18)14-5-4-12-2-1-3-13(12)8-14/h4-5,8,11H,1-3,6-7,9-10H2. The molecule has 1 amide bonds. The first kappa shape index (κ1) is 12.0. The van der Waals surface area contributed by atoms with Gasteiger partial charge in [0.2, 0.25) is 0 Å². The number of rotatable bonds is 2. The third-order valence-corrected chi connectivity index (χ3v) is 4.57. The van der Waals surface area contributed by atoms with Crippen molar-refractivity contribution in [2.24, 2.45) is 5.92 Å². The van der Waals surface area contributed by atoms with Crippen molar-refractivity contribution < 1.29 is 4.79 Å². The molecule has 2 aliphatic rings. The van der Waals surface area contributed by atoms with Crippen molar-refractivity contribution in [1.29, 1.82) is 0 Å². The largest absolute Gasteiger partial charge is 0.338 e. The lowest BCUT2D eigenvalue weighted by atomic mass is 10.1. The minimum absolute atomic E-state index is 0.178. The van der Waals surface area contributed by atoms with E-state index in [4.69, 9.17) is 11.6 Å². The number of alkyl halides is 1. The van der Waals surface area contributed by atoms with Gasteiger partial charge in [-0.05, 0) is 54.9 Å². The molecule has 0 saturated carbocycles. The summed E-state index contributed by atoms with van der Waals surface area (Å²) in [7, 11) is 0. The van der Waals surface area contributed by atoms with Gasteiger partial charge in [0, 0.05) is 24.5 Å². The zero-order valence-corrected chi connectivity index (χ0v) is 11.2. The van der Waals surface area contributed by atoms with Gasteiger partial charge in [-0.15, -0.1) is 11.6 Å². The summed E-state index contributed by atoms with van der Waals surface area (Å²) in [5, 5.41) is 0. The van der Waals surface area contributed by atoms with E-state index in [1.54, 1.807) is 0 Å². The molecule has 1 heterocycles. The fourth-order valence-corrected chi connectivity index (χ4v) is 3.28. The van der Waals surface area contributed by atoms with Gasteiger partial charge in [0.15, 0.2) is 0 Å². The van der Waals surface area contributed by atoms with Gasteiger partial charge >= 0.3 is 0 Å². The van der Waals surface area contributed by atoms with Crippen LogP contribution >= 0.6 is 11.6 Å². The topological polar surface area (TPSA) is 20.3 Å². The van der Waals surface area contributed by atoms with Crippen LogP contribution in [0, 0.1) is 5.92 Å². The van der Waals surface area contributed by atoms with Gasteiger partial charge in [-0.1, -0.05) is 6.07 Å². The van der Waals surface area contributed by atoms with E-state index >= 15 is 0 Å². The average Bonchev–Trinajstić information content (AvgIpc) is 3.05. The van der Waals surface area contributed by atoms with Crippen molar-refractivity contribution in [3.8, 4) is 0 Å². The molecule has 1 saturated heterocycles. The Labute approximate surface area is 113 Å². The van der Waals surface area contributed by atoms with Crippen molar-refractivity contribution in [1.82, 2.24) is 4.90 Å². The summed E-state index contributed by atoms with van der Waals surface area (Å²) < 4.78 is 0. The Balaban J connectivity index is 1.77. The van der Waals surface area contributed by atoms with Crippen LogP contribution in [0.2, 0.25) is 0 Å². The summed E-state index contributed by atoms with van der Waals surface area (Å²) in [5.74, 6) is 1.32. The second kappa shape index (κ2) is 4.93. The average molecular weight is 264 g/mol. The Morgan fingerprint density at radius 3 is 2.94 bits per heavy atom. The first-order valence-corrected chi connectivity index (χ1v) is 7.28. The monoisotopic (exact) mass is 263 g/mol. The summed E-state index contributed by atoms with van der Waals surface area (Å²) in [6.07, 6.45) is 4.56. The number of carbonyl (C=O) groups is 1. The number of benzene rings is 1. The number of halogens is 1. The molecular formula is C15H18ClNO. The number of likely N-dealkylation sites (tertiary alicyclic amines) is 1. The van der Waals surface area contributed by atoms with Crippen LogP contribution in [0.15, 0.2) is 18.2 Å². The molecule has 1 aliphatic heterocycles. The Morgan fingerprint density at radius 1 is 1.33 bits per heavy atom. The second-order valence-electron chi connectivity index (χ2n) is 5.40. The summed E-state index contributed by atoms with van der Waals surface area (Å²) in [6, 6.07) is 6.21. The summed E-state index contributed by atoms with van der Waals surface area (Å²) in [6.45, 7) is 1.67. The molecular weight excluding hydrogens is 246 g/mol. The maximum Gasteiger partial charge on any atom is 0.253 e. The zero-order chi connectivity index (χ0) is 12.5. The van der Waals surface area contributed by atoms with Crippen LogP contribution in [0.4, 0.5) is 0 Å². The minimum atomic E-state index is 0.178. The van der Waals surface area contributed by atoms with Crippen molar-refractivity contribution in [2.75, 3.05) is 19.0 Å². The van der Waals surface area contributed by atoms with Crippen molar-refractivity contribution >= 4 is 17.5 Å². The number of fused-ring (bicyclic) bond motifs is 1. The van der Waals surface area contributed by atoms with Gasteiger partial charge in [-0.2, -0.15) is 0 Å². The molecule has 1 atom stereocenters. The molecule has 3 heteroatoms. The molecule has 0 spiro atoms. The third kappa shape index (κ3) is 2.14. The molecule has 1 aliphatic carbocycles. The zero-order valence-electron chi connectivity index (χ0n) is 10.5. The summed E-state index contributed by atoms with van der Waals surface area (Å²) in [5.41, 5.74) is 3.64. The van der Waals surface area contributed by atoms with E-state index < -0.39 is 0 Å². The molecule has 18 heavy (non-hydrogen) atoms. The molecule has 1 aromatic carbocycles. The highest BCUT2D eigenvalue weighted by atomic mass is 35.5. The van der Waals surface area contributed by atoms with E-state index in [1.165, 1.54) is 24.0 Å². The van der Waals surface area contributed by atoms with E-state index in [9.17, 15) is 4.79 Å². The lowest BCUT2D eigenvalue weighted by Gasteiger charge is -2.16. The maximum absolute atomic E-state index is 12.4. The molecule has 0 N–H and O–H groups in total. The molecule has 2 nitrogen and oxygen atoms in total. The van der Waals surface area contributed by atoms with Crippen LogP contribution in [0.25, 0.3) is 0 Å². The quantitative estimate of drug-likeness (QED) is 0.752. The number of aryl methyl sites for hydroxylation is 2. The SMILES string of the molecule is O=C(c1ccc2c(c1)CCC2)N1CCC(CCl)C1. The Bertz CT molecular complexity index is 472. The molecule has 0 radical (unpaired) electrons. The van der Waals surface area contributed by atoms with E-state index in [0.29, 0.717) is 11.8 Å². The highest BCUT2D eigenvalue weighted by molar-refractivity contribution is 6.18. The number of hydrogen-bond acceptors (Lipinski definition) is 1. The fraction of sp³-hybridized carbons (Fsp3) is 0.533. The van der Waals surface area contributed by atoms with Crippen LogP contribution in [0.1, 0.15) is 34.3 Å². The highest BCUT2D eigenvalue weighted by Gasteiger charge is 2.26. The molecule has 96 valence electrons. The Kier molecular flexibility index (Phi) is 3.29. The predicted molar refractivity (Wildman–Crippen MR) is 73.2 cm³/mol. The van der Waals surface area contributed by atoms with Gasteiger partial charge in [-0.25, -0.2) is 0 Å². The smallest absolute Gasteiger partial charge is 0.253 e. The molecule has 1 fully saturated rings. The molecule has 3 rings (SSSR count). The van der Waals surface area contributed by atoms with Crippen molar-refractivity contribution in [3.63, 3.8) is 0 Å². The first-order valence-electron chi connectivity index (χ1n) is 6.75. The molecule has 1 aromatic rings. The van der Waals surface area contributed by atoms with Crippen LogP contribution in [0.5, 0.6) is 0 Å². The van der Waals surface area contributed by atoms with Crippen LogP contribution < -0.4 is 0 Å². The van der Waals surface area contributed by atoms with E-state index in [2.05, 4.69) is 12.1 Å². The highest BCUT2D eigenvalue weighted by Crippen LogP contribution is 2.25. The second-order valence-corrected chi connectivity index (χ2v) is 5.71. The lowest BCUT2D eigenvalue weighted by Crippen LogP contribution is -2.29. The number of nitrogens with zero attached hydrogens (tertiary/aromatic N) is 1. The summed E-state index contributed by atoms with van der Waals surface area (Å²) in [4.78, 5) is 14.3. The minimum Gasteiger partial charge on any atom is -0.338 e. The lowest BCUT2D eigenvalue weighted by molar-refractivity contribution is 0.0788. The number of carbonyl (C=O) groups excluding carboxylic acids is 1. The normalized spacial score (nSPS) is 22.3. The Morgan fingerprint density at radius 2 is 2.17 bits per heavy atom. The van der Waals surface area contributed by atoms with Gasteiger partial charge in [0.05, 0.1) is 0 Å². The number of amides is 1. The molecule has 0 aromatic heterocycles. The van der Waals surface area contributed by atoms with Gasteiger partial charge < -0.3 is 4.90 Å². The maximum atomic E-state index is 12.4. The van der Waals surface area contributed by atoms with Crippen LogP contribution in [-0.4, -0.2) is 29.8 Å². The van der Waals surface area contributed by atoms with Gasteiger partial charge in [-0.3, -0.25) is 4.79 Å². The molecule has 1 unspecified atom stereocenters. The number of hydrogen-bond donors (Lipinski definition) is 0. The molecule has 0 bridgehead atoms. The third-order valence-electron chi connectivity index (χ3n) is 4.14. The Hall–Kier alpha value is -1.02. The first-order chi connectivity index (χ1) is 8.78. The van der Waals surface area contributed by atoms with Crippen molar-refractivity contribution in [3.05, 3.63) is 34.9 Å². The summed E-state index contributed by atoms with van der Waals surface area (Å²) >= 11 is 5.86. The predicted octanol–water partition coefficient (Wildman–Crippen LogP) is 2.88. The van der Waals surface area contributed by atoms with Crippen LogP contribution in [0.3, 0.4) is 0 Å². The van der Waals surface area contributed by atoms with Gasteiger partial charge in [0.25, 0.3) is 5.91 Å².